The van der Waals surface area contributed by atoms with Crippen molar-refractivity contribution in [3.8, 4) is 0 Å². The summed E-state index contributed by atoms with van der Waals surface area (Å²) in [5.74, 6) is 1.23. The van der Waals surface area contributed by atoms with E-state index in [1.54, 1.807) is 0 Å². The van der Waals surface area contributed by atoms with Crippen LogP contribution in [0.5, 0.6) is 0 Å². The fraction of sp³-hybridized carbons (Fsp3) is 1.00. The zero-order chi connectivity index (χ0) is 9.90. The van der Waals surface area contributed by atoms with Crippen LogP contribution in [0, 0.1) is 5.41 Å². The minimum absolute atomic E-state index is 0.0395. The van der Waals surface area contributed by atoms with Gasteiger partial charge in [0.25, 0.3) is 0 Å². The lowest BCUT2D eigenvalue weighted by atomic mass is 9.88. The SMILES string of the molecule is CC1CCC(CC(C)(CCl)CCl)O1. The van der Waals surface area contributed by atoms with E-state index >= 15 is 0 Å². The van der Waals surface area contributed by atoms with Gasteiger partial charge < -0.3 is 4.74 Å². The number of alkyl halides is 2. The topological polar surface area (TPSA) is 9.23 Å². The van der Waals surface area contributed by atoms with Crippen LogP contribution >= 0.6 is 23.2 Å². The lowest BCUT2D eigenvalue weighted by Gasteiger charge is -2.27. The fourth-order valence-corrected chi connectivity index (χ4v) is 2.23. The van der Waals surface area contributed by atoms with Gasteiger partial charge in [-0.2, -0.15) is 0 Å². The van der Waals surface area contributed by atoms with Crippen LogP contribution in [0.25, 0.3) is 0 Å². The van der Waals surface area contributed by atoms with Crippen molar-refractivity contribution in [2.45, 2.75) is 45.3 Å². The van der Waals surface area contributed by atoms with Gasteiger partial charge in [0.2, 0.25) is 0 Å². The van der Waals surface area contributed by atoms with Gasteiger partial charge in [-0.1, -0.05) is 6.92 Å². The average molecular weight is 225 g/mol. The maximum atomic E-state index is 5.88. The van der Waals surface area contributed by atoms with Crippen LogP contribution < -0.4 is 0 Å². The molecule has 78 valence electrons. The van der Waals surface area contributed by atoms with Crippen LogP contribution in [-0.4, -0.2) is 24.0 Å². The van der Waals surface area contributed by atoms with Crippen LogP contribution in [0.4, 0.5) is 0 Å². The molecule has 1 aliphatic heterocycles. The lowest BCUT2D eigenvalue weighted by molar-refractivity contribution is 0.0327. The minimum Gasteiger partial charge on any atom is -0.375 e. The van der Waals surface area contributed by atoms with E-state index in [1.165, 1.54) is 6.42 Å². The van der Waals surface area contributed by atoms with Crippen LogP contribution in [0.3, 0.4) is 0 Å². The molecule has 0 aromatic heterocycles. The van der Waals surface area contributed by atoms with Crippen molar-refractivity contribution in [3.05, 3.63) is 0 Å². The predicted octanol–water partition coefficient (Wildman–Crippen LogP) is 3.43. The summed E-state index contributed by atoms with van der Waals surface area (Å²) in [5, 5.41) is 0. The summed E-state index contributed by atoms with van der Waals surface area (Å²) < 4.78 is 5.74. The maximum Gasteiger partial charge on any atom is 0.0585 e. The highest BCUT2D eigenvalue weighted by molar-refractivity contribution is 6.21. The molecular weight excluding hydrogens is 207 g/mol. The average Bonchev–Trinajstić information content (AvgIpc) is 2.51. The van der Waals surface area contributed by atoms with Gasteiger partial charge in [-0.15, -0.1) is 23.2 Å². The van der Waals surface area contributed by atoms with Crippen molar-refractivity contribution in [2.24, 2.45) is 5.41 Å². The van der Waals surface area contributed by atoms with Crippen molar-refractivity contribution in [3.63, 3.8) is 0 Å². The van der Waals surface area contributed by atoms with Crippen molar-refractivity contribution < 1.29 is 4.74 Å². The van der Waals surface area contributed by atoms with E-state index in [4.69, 9.17) is 27.9 Å². The molecule has 0 aromatic carbocycles. The standard InChI is InChI=1S/C10H18Cl2O/c1-8-3-4-9(13-8)5-10(2,6-11)7-12/h8-9H,3-7H2,1-2H3. The van der Waals surface area contributed by atoms with E-state index in [0.29, 0.717) is 24.0 Å². The number of hydrogen-bond acceptors (Lipinski definition) is 1. The van der Waals surface area contributed by atoms with Crippen molar-refractivity contribution in [2.75, 3.05) is 11.8 Å². The summed E-state index contributed by atoms with van der Waals surface area (Å²) in [7, 11) is 0. The Morgan fingerprint density at radius 3 is 2.31 bits per heavy atom. The fourth-order valence-electron chi connectivity index (χ4n) is 1.73. The monoisotopic (exact) mass is 224 g/mol. The Labute approximate surface area is 90.7 Å². The first kappa shape index (κ1) is 11.6. The molecule has 1 nitrogen and oxygen atoms in total. The van der Waals surface area contributed by atoms with Crippen molar-refractivity contribution in [1.82, 2.24) is 0 Å². The zero-order valence-electron chi connectivity index (χ0n) is 8.35. The molecule has 1 heterocycles. The Bertz CT molecular complexity index is 157. The molecule has 2 unspecified atom stereocenters. The highest BCUT2D eigenvalue weighted by Crippen LogP contribution is 2.32. The molecule has 0 N–H and O–H groups in total. The highest BCUT2D eigenvalue weighted by atomic mass is 35.5. The van der Waals surface area contributed by atoms with Crippen molar-refractivity contribution >= 4 is 23.2 Å². The highest BCUT2D eigenvalue weighted by Gasteiger charge is 2.31. The van der Waals surface area contributed by atoms with Crippen LogP contribution in [0.1, 0.15) is 33.1 Å². The van der Waals surface area contributed by atoms with Gasteiger partial charge in [-0.05, 0) is 31.6 Å². The molecule has 2 atom stereocenters. The van der Waals surface area contributed by atoms with Gasteiger partial charge in [0, 0.05) is 11.8 Å². The third-order valence-corrected chi connectivity index (χ3v) is 3.98. The Hall–Kier alpha value is 0.540. The Balaban J connectivity index is 2.38. The summed E-state index contributed by atoms with van der Waals surface area (Å²) in [6, 6.07) is 0. The summed E-state index contributed by atoms with van der Waals surface area (Å²) in [6.07, 6.45) is 4.11. The second-order valence-corrected chi connectivity index (χ2v) is 4.96. The molecule has 1 saturated heterocycles. The number of hydrogen-bond donors (Lipinski definition) is 0. The first-order chi connectivity index (χ1) is 6.09. The van der Waals surface area contributed by atoms with Gasteiger partial charge in [0.05, 0.1) is 12.2 Å². The molecule has 0 amide bonds. The first-order valence-corrected chi connectivity index (χ1v) is 5.94. The Kier molecular flexibility index (Phi) is 4.34. The molecule has 1 aliphatic rings. The molecule has 1 fully saturated rings. The smallest absolute Gasteiger partial charge is 0.0585 e. The lowest BCUT2D eigenvalue weighted by Crippen LogP contribution is -2.27. The van der Waals surface area contributed by atoms with E-state index in [2.05, 4.69) is 13.8 Å². The largest absolute Gasteiger partial charge is 0.375 e. The number of ether oxygens (including phenoxy) is 1. The van der Waals surface area contributed by atoms with E-state index in [-0.39, 0.29) is 5.41 Å². The number of halogens is 2. The summed E-state index contributed by atoms with van der Waals surface area (Å²) >= 11 is 11.8. The second kappa shape index (κ2) is 4.86. The van der Waals surface area contributed by atoms with E-state index < -0.39 is 0 Å². The zero-order valence-corrected chi connectivity index (χ0v) is 9.87. The van der Waals surface area contributed by atoms with Gasteiger partial charge >= 0.3 is 0 Å². The third-order valence-electron chi connectivity index (χ3n) is 2.69. The minimum atomic E-state index is 0.0395. The van der Waals surface area contributed by atoms with Gasteiger partial charge in [-0.25, -0.2) is 0 Å². The first-order valence-electron chi connectivity index (χ1n) is 4.87. The summed E-state index contributed by atoms with van der Waals surface area (Å²) in [6.45, 7) is 4.25. The van der Waals surface area contributed by atoms with Gasteiger partial charge in [0.1, 0.15) is 0 Å². The molecule has 0 aromatic rings. The third kappa shape index (κ3) is 3.30. The van der Waals surface area contributed by atoms with E-state index in [1.807, 2.05) is 0 Å². The molecule has 1 rings (SSSR count). The molecule has 0 aliphatic carbocycles. The quantitative estimate of drug-likeness (QED) is 0.666. The normalized spacial score (nSPS) is 29.5. The van der Waals surface area contributed by atoms with Crippen LogP contribution in [-0.2, 0) is 4.74 Å². The van der Waals surface area contributed by atoms with E-state index in [0.717, 1.165) is 12.8 Å². The molecule has 13 heavy (non-hydrogen) atoms. The van der Waals surface area contributed by atoms with Gasteiger partial charge in [-0.3, -0.25) is 0 Å². The number of rotatable bonds is 4. The molecule has 0 spiro atoms. The maximum absolute atomic E-state index is 5.88. The molecule has 0 saturated carbocycles. The molecule has 0 radical (unpaired) electrons. The predicted molar refractivity (Wildman–Crippen MR) is 57.7 cm³/mol. The second-order valence-electron chi connectivity index (χ2n) is 4.43. The van der Waals surface area contributed by atoms with Gasteiger partial charge in [0.15, 0.2) is 0 Å². The molecule has 3 heteroatoms. The van der Waals surface area contributed by atoms with Crippen LogP contribution in [0.15, 0.2) is 0 Å². The summed E-state index contributed by atoms with van der Waals surface area (Å²) in [4.78, 5) is 0. The van der Waals surface area contributed by atoms with Crippen molar-refractivity contribution in [1.29, 1.82) is 0 Å². The Morgan fingerprint density at radius 2 is 1.92 bits per heavy atom. The van der Waals surface area contributed by atoms with Crippen LogP contribution in [0.2, 0.25) is 0 Å². The molecule has 0 bridgehead atoms. The molecular formula is C10H18Cl2O. The van der Waals surface area contributed by atoms with E-state index in [9.17, 15) is 0 Å². The summed E-state index contributed by atoms with van der Waals surface area (Å²) in [5.41, 5.74) is 0.0395. The Morgan fingerprint density at radius 1 is 1.31 bits per heavy atom.